The van der Waals surface area contributed by atoms with Crippen LogP contribution in [0.4, 0.5) is 0 Å². The summed E-state index contributed by atoms with van der Waals surface area (Å²) in [5.41, 5.74) is 1.44. The minimum atomic E-state index is -0.481. The summed E-state index contributed by atoms with van der Waals surface area (Å²) in [6.45, 7) is 3.40. The quantitative estimate of drug-likeness (QED) is 0.694. The monoisotopic (exact) mass is 281 g/mol. The number of halogens is 1. The molecule has 0 unspecified atom stereocenters. The number of rotatable bonds is 3. The first-order chi connectivity index (χ1) is 7.58. The second-order valence-corrected chi connectivity index (χ2v) is 4.28. The van der Waals surface area contributed by atoms with E-state index >= 15 is 0 Å². The highest BCUT2D eigenvalue weighted by Gasteiger charge is 2.13. The van der Waals surface area contributed by atoms with Gasteiger partial charge in [-0.1, -0.05) is 15.9 Å². The molecule has 2 aromatic rings. The lowest BCUT2D eigenvalue weighted by molar-refractivity contribution is -0.426. The highest BCUT2D eigenvalue weighted by Crippen LogP contribution is 2.22. The molecule has 0 spiro atoms. The summed E-state index contributed by atoms with van der Waals surface area (Å²) in [6, 6.07) is 5.59. The number of allylic oxidation sites excluding steroid dienone is 1. The standard InChI is InChI=1S/C10H8BrN3O2/c1-6(14(15)16)4-10-8-5-7(11)2-3-9(8)12-13-10/h2-3,5H,1,4H2,(H,12,13). The van der Waals surface area contributed by atoms with Crippen molar-refractivity contribution >= 4 is 26.8 Å². The highest BCUT2D eigenvalue weighted by atomic mass is 79.9. The molecule has 0 saturated carbocycles. The Labute approximate surface area is 99.4 Å². The van der Waals surface area contributed by atoms with Crippen molar-refractivity contribution in [2.45, 2.75) is 6.42 Å². The van der Waals surface area contributed by atoms with Gasteiger partial charge in [-0.2, -0.15) is 5.10 Å². The van der Waals surface area contributed by atoms with Gasteiger partial charge in [0.05, 0.1) is 22.6 Å². The van der Waals surface area contributed by atoms with Gasteiger partial charge >= 0.3 is 0 Å². The molecule has 0 amide bonds. The molecule has 0 radical (unpaired) electrons. The van der Waals surface area contributed by atoms with Crippen LogP contribution in [0.15, 0.2) is 34.9 Å². The average Bonchev–Trinajstić information content (AvgIpc) is 2.61. The van der Waals surface area contributed by atoms with Crippen LogP contribution in [0, 0.1) is 10.1 Å². The molecule has 16 heavy (non-hydrogen) atoms. The third-order valence-electron chi connectivity index (χ3n) is 2.23. The lowest BCUT2D eigenvalue weighted by Crippen LogP contribution is -2.01. The van der Waals surface area contributed by atoms with E-state index in [0.717, 1.165) is 15.4 Å². The molecule has 0 aliphatic carbocycles. The average molecular weight is 282 g/mol. The SMILES string of the molecule is C=C(Cc1[nH]nc2ccc(Br)cc12)[N+](=O)[O-]. The van der Waals surface area contributed by atoms with Crippen molar-refractivity contribution in [1.82, 2.24) is 10.2 Å². The minimum absolute atomic E-state index is 0.0504. The van der Waals surface area contributed by atoms with E-state index in [0.29, 0.717) is 5.69 Å². The van der Waals surface area contributed by atoms with Gasteiger partial charge in [-0.05, 0) is 24.8 Å². The van der Waals surface area contributed by atoms with E-state index in [-0.39, 0.29) is 12.1 Å². The molecule has 5 nitrogen and oxygen atoms in total. The van der Waals surface area contributed by atoms with Crippen LogP contribution in [0.5, 0.6) is 0 Å². The van der Waals surface area contributed by atoms with Crippen LogP contribution >= 0.6 is 15.9 Å². The maximum atomic E-state index is 10.5. The Kier molecular flexibility index (Phi) is 2.74. The molecule has 0 aliphatic heterocycles. The largest absolute Gasteiger partial charge is 0.281 e. The number of H-pyrrole nitrogens is 1. The molecule has 82 valence electrons. The summed E-state index contributed by atoms with van der Waals surface area (Å²) >= 11 is 3.35. The Morgan fingerprint density at radius 1 is 1.62 bits per heavy atom. The molecular formula is C10H8BrN3O2. The first kappa shape index (κ1) is 10.8. The summed E-state index contributed by atoms with van der Waals surface area (Å²) in [7, 11) is 0. The van der Waals surface area contributed by atoms with Crippen LogP contribution in [0.2, 0.25) is 0 Å². The smallest absolute Gasteiger partial charge is 0.245 e. The molecule has 1 aromatic carbocycles. The third-order valence-corrected chi connectivity index (χ3v) is 2.73. The summed E-state index contributed by atoms with van der Waals surface area (Å²) in [5.74, 6) is 0. The van der Waals surface area contributed by atoms with Crippen LogP contribution in [0.3, 0.4) is 0 Å². The Morgan fingerprint density at radius 3 is 3.06 bits per heavy atom. The number of nitrogens with zero attached hydrogens (tertiary/aromatic N) is 2. The molecule has 1 aromatic heterocycles. The zero-order valence-electron chi connectivity index (χ0n) is 8.24. The van der Waals surface area contributed by atoms with Crippen molar-refractivity contribution in [1.29, 1.82) is 0 Å². The number of aromatic nitrogens is 2. The van der Waals surface area contributed by atoms with Gasteiger partial charge in [0, 0.05) is 9.86 Å². The van der Waals surface area contributed by atoms with Crippen molar-refractivity contribution in [2.24, 2.45) is 0 Å². The topological polar surface area (TPSA) is 71.8 Å². The molecule has 0 bridgehead atoms. The minimum Gasteiger partial charge on any atom is -0.281 e. The predicted octanol–water partition coefficient (Wildman–Crippen LogP) is 2.66. The van der Waals surface area contributed by atoms with Crippen LogP contribution in [-0.4, -0.2) is 15.1 Å². The normalized spacial score (nSPS) is 10.6. The predicted molar refractivity (Wildman–Crippen MR) is 63.6 cm³/mol. The molecule has 0 saturated heterocycles. The van der Waals surface area contributed by atoms with Gasteiger partial charge in [0.2, 0.25) is 5.70 Å². The molecule has 0 aliphatic rings. The van der Waals surface area contributed by atoms with Crippen molar-refractivity contribution < 1.29 is 4.92 Å². The van der Waals surface area contributed by atoms with Crippen LogP contribution in [-0.2, 0) is 6.42 Å². The fraction of sp³-hybridized carbons (Fsp3) is 0.100. The van der Waals surface area contributed by atoms with E-state index in [1.165, 1.54) is 0 Å². The fourth-order valence-electron chi connectivity index (χ4n) is 1.44. The highest BCUT2D eigenvalue weighted by molar-refractivity contribution is 9.10. The molecule has 1 heterocycles. The maximum Gasteiger partial charge on any atom is 0.245 e. The molecule has 1 N–H and O–H groups in total. The Hall–Kier alpha value is -1.69. The molecular weight excluding hydrogens is 274 g/mol. The lowest BCUT2D eigenvalue weighted by Gasteiger charge is -1.96. The number of nitrogens with one attached hydrogen (secondary N) is 1. The summed E-state index contributed by atoms with van der Waals surface area (Å²) in [5, 5.41) is 18.2. The van der Waals surface area contributed by atoms with Gasteiger partial charge in [0.1, 0.15) is 0 Å². The van der Waals surface area contributed by atoms with E-state index in [2.05, 4.69) is 32.7 Å². The third kappa shape index (κ3) is 1.96. The Balaban J connectivity index is 2.41. The van der Waals surface area contributed by atoms with Gasteiger partial charge < -0.3 is 0 Å². The van der Waals surface area contributed by atoms with E-state index in [1.807, 2.05) is 18.2 Å². The van der Waals surface area contributed by atoms with E-state index in [1.54, 1.807) is 0 Å². The van der Waals surface area contributed by atoms with Crippen molar-refractivity contribution in [3.05, 3.63) is 50.8 Å². The molecule has 0 fully saturated rings. The summed E-state index contributed by atoms with van der Waals surface area (Å²) in [4.78, 5) is 10.0. The Morgan fingerprint density at radius 2 is 2.38 bits per heavy atom. The first-order valence-corrected chi connectivity index (χ1v) is 5.32. The van der Waals surface area contributed by atoms with Gasteiger partial charge in [-0.15, -0.1) is 0 Å². The van der Waals surface area contributed by atoms with Gasteiger partial charge in [-0.25, -0.2) is 0 Å². The van der Waals surface area contributed by atoms with Crippen LogP contribution < -0.4 is 0 Å². The van der Waals surface area contributed by atoms with E-state index < -0.39 is 4.92 Å². The molecule has 0 atom stereocenters. The van der Waals surface area contributed by atoms with Gasteiger partial charge in [-0.3, -0.25) is 15.2 Å². The van der Waals surface area contributed by atoms with Crippen LogP contribution in [0.25, 0.3) is 10.9 Å². The van der Waals surface area contributed by atoms with E-state index in [9.17, 15) is 10.1 Å². The number of nitro groups is 1. The number of hydrogen-bond donors (Lipinski definition) is 1. The number of fused-ring (bicyclic) bond motifs is 1. The molecule has 2 rings (SSSR count). The lowest BCUT2D eigenvalue weighted by atomic mass is 10.1. The number of benzene rings is 1. The van der Waals surface area contributed by atoms with Gasteiger partial charge in [0.15, 0.2) is 0 Å². The number of hydrogen-bond acceptors (Lipinski definition) is 3. The summed E-state index contributed by atoms with van der Waals surface area (Å²) in [6.07, 6.45) is 0.167. The first-order valence-electron chi connectivity index (χ1n) is 4.52. The van der Waals surface area contributed by atoms with Gasteiger partial charge in [0.25, 0.3) is 0 Å². The second kappa shape index (κ2) is 4.05. The number of aromatic amines is 1. The summed E-state index contributed by atoms with van der Waals surface area (Å²) < 4.78 is 0.911. The van der Waals surface area contributed by atoms with E-state index in [4.69, 9.17) is 0 Å². The van der Waals surface area contributed by atoms with Crippen LogP contribution in [0.1, 0.15) is 5.69 Å². The zero-order valence-corrected chi connectivity index (χ0v) is 9.82. The second-order valence-electron chi connectivity index (χ2n) is 3.36. The molecule has 6 heteroatoms. The maximum absolute atomic E-state index is 10.5. The Bertz CT molecular complexity index is 576. The zero-order chi connectivity index (χ0) is 11.7. The van der Waals surface area contributed by atoms with Crippen molar-refractivity contribution in [3.63, 3.8) is 0 Å². The van der Waals surface area contributed by atoms with Crippen molar-refractivity contribution in [3.8, 4) is 0 Å². The van der Waals surface area contributed by atoms with Crippen molar-refractivity contribution in [2.75, 3.05) is 0 Å². The fourth-order valence-corrected chi connectivity index (χ4v) is 1.80.